The Kier molecular flexibility index (Phi) is 8.70. The average Bonchev–Trinajstić information content (AvgIpc) is 2.90. The Hall–Kier alpha value is -2.92. The van der Waals surface area contributed by atoms with Crippen molar-refractivity contribution >= 4 is 21.7 Å². The largest absolute Gasteiger partial charge is 0.416 e. The molecule has 0 aromatic heterocycles. The molecule has 4 atom stereocenters. The number of hydrogen-bond donors (Lipinski definition) is 1. The Morgan fingerprint density at radius 2 is 1.77 bits per heavy atom. The minimum atomic E-state index is -4.59. The first-order valence-corrected chi connectivity index (χ1v) is 14.7. The van der Waals surface area contributed by atoms with Gasteiger partial charge in [0, 0.05) is 24.2 Å². The monoisotopic (exact) mass is 565 g/mol. The second-order valence-corrected chi connectivity index (χ2v) is 12.7. The van der Waals surface area contributed by atoms with Crippen molar-refractivity contribution in [2.45, 2.75) is 61.3 Å². The molecule has 0 spiro atoms. The molecule has 1 aliphatic heterocycles. The molecular weight excluding hydrogens is 531 g/mol. The van der Waals surface area contributed by atoms with E-state index in [1.54, 1.807) is 35.2 Å². The Morgan fingerprint density at radius 1 is 1.05 bits per heavy atom. The number of carbonyl (C=O) groups is 2. The number of halogens is 3. The predicted molar refractivity (Wildman–Crippen MR) is 141 cm³/mol. The summed E-state index contributed by atoms with van der Waals surface area (Å²) in [5.41, 5.74) is -1.11. The molecule has 1 saturated carbocycles. The second-order valence-electron chi connectivity index (χ2n) is 10.6. The number of rotatable bonds is 7. The van der Waals surface area contributed by atoms with Gasteiger partial charge >= 0.3 is 6.18 Å². The molecule has 2 aromatic rings. The highest BCUT2D eigenvalue weighted by atomic mass is 32.2. The molecule has 11 heteroatoms. The van der Waals surface area contributed by atoms with Crippen LogP contribution in [0.2, 0.25) is 0 Å². The molecule has 2 amide bonds. The lowest BCUT2D eigenvalue weighted by Gasteiger charge is -2.46. The highest BCUT2D eigenvalue weighted by Crippen LogP contribution is 2.35. The van der Waals surface area contributed by atoms with Crippen LogP contribution in [-0.4, -0.2) is 74.6 Å². The lowest BCUT2D eigenvalue weighted by Crippen LogP contribution is -2.59. The standard InChI is InChI=1S/C28H34F3N3O4S/c1-33(2)22-13-14-25(20(17-22)18-39(37,38)23-10-4-3-5-11-23)34-15-7-12-24(27(34)36)32-26(35)19-8-6-9-21(16-19)28(29,30)31/h3-6,8-11,16,20,22,24-25H,7,12-15,17-18H2,1-2H3,(H,32,35)/t20-,22+,24?,25-/m0/s1. The molecular formula is C28H34F3N3O4S. The Bertz CT molecular complexity index is 1280. The van der Waals surface area contributed by atoms with Gasteiger partial charge in [-0.2, -0.15) is 13.2 Å². The molecule has 39 heavy (non-hydrogen) atoms. The summed E-state index contributed by atoms with van der Waals surface area (Å²) in [6, 6.07) is 11.3. The number of nitrogens with zero attached hydrogens (tertiary/aromatic N) is 2. The van der Waals surface area contributed by atoms with Gasteiger partial charge in [0.05, 0.1) is 16.2 Å². The van der Waals surface area contributed by atoms with Crippen molar-refractivity contribution in [3.05, 3.63) is 65.7 Å². The van der Waals surface area contributed by atoms with Gasteiger partial charge in [0.2, 0.25) is 5.91 Å². The average molecular weight is 566 g/mol. The molecule has 1 heterocycles. The van der Waals surface area contributed by atoms with Gasteiger partial charge in [-0.15, -0.1) is 0 Å². The van der Waals surface area contributed by atoms with Gasteiger partial charge in [-0.25, -0.2) is 8.42 Å². The first kappa shape index (κ1) is 29.1. The molecule has 0 radical (unpaired) electrons. The number of likely N-dealkylation sites (tertiary alicyclic amines) is 1. The zero-order valence-electron chi connectivity index (χ0n) is 22.0. The number of alkyl halides is 3. The van der Waals surface area contributed by atoms with Gasteiger partial charge < -0.3 is 15.1 Å². The summed E-state index contributed by atoms with van der Waals surface area (Å²) in [5, 5.41) is 2.62. The number of carbonyl (C=O) groups excluding carboxylic acids is 2. The maximum Gasteiger partial charge on any atom is 0.416 e. The lowest BCUT2D eigenvalue weighted by atomic mass is 9.80. The summed E-state index contributed by atoms with van der Waals surface area (Å²) < 4.78 is 65.9. The van der Waals surface area contributed by atoms with Crippen LogP contribution < -0.4 is 5.32 Å². The summed E-state index contributed by atoms with van der Waals surface area (Å²) in [5.74, 6) is -1.48. The van der Waals surface area contributed by atoms with Crippen molar-refractivity contribution in [3.8, 4) is 0 Å². The molecule has 1 unspecified atom stereocenters. The van der Waals surface area contributed by atoms with Crippen molar-refractivity contribution in [1.29, 1.82) is 0 Å². The summed E-state index contributed by atoms with van der Waals surface area (Å²) in [4.78, 5) is 30.4. The Morgan fingerprint density at radius 3 is 2.44 bits per heavy atom. The number of nitrogens with one attached hydrogen (secondary N) is 1. The van der Waals surface area contributed by atoms with E-state index in [1.165, 1.54) is 6.07 Å². The zero-order valence-corrected chi connectivity index (χ0v) is 22.8. The van der Waals surface area contributed by atoms with Gasteiger partial charge in [-0.3, -0.25) is 9.59 Å². The van der Waals surface area contributed by atoms with Gasteiger partial charge in [-0.1, -0.05) is 24.3 Å². The number of hydrogen-bond acceptors (Lipinski definition) is 5. The van der Waals surface area contributed by atoms with Crippen LogP contribution in [0.5, 0.6) is 0 Å². The van der Waals surface area contributed by atoms with Crippen molar-refractivity contribution in [2.75, 3.05) is 26.4 Å². The molecule has 2 aromatic carbocycles. The van der Waals surface area contributed by atoms with Crippen LogP contribution >= 0.6 is 0 Å². The highest BCUT2D eigenvalue weighted by Gasteiger charge is 2.42. The fourth-order valence-corrected chi connectivity index (χ4v) is 7.41. The van der Waals surface area contributed by atoms with E-state index < -0.39 is 33.5 Å². The van der Waals surface area contributed by atoms with Gasteiger partial charge in [0.15, 0.2) is 9.84 Å². The Labute approximate surface area is 227 Å². The third kappa shape index (κ3) is 6.81. The summed E-state index contributed by atoms with van der Waals surface area (Å²) in [7, 11) is 0.314. The minimum absolute atomic E-state index is 0.100. The Balaban J connectivity index is 1.52. The first-order chi connectivity index (χ1) is 18.4. The van der Waals surface area contributed by atoms with E-state index in [0.29, 0.717) is 32.2 Å². The fraction of sp³-hybridized carbons (Fsp3) is 0.500. The fourth-order valence-electron chi connectivity index (χ4n) is 5.73. The van der Waals surface area contributed by atoms with Crippen molar-refractivity contribution in [3.63, 3.8) is 0 Å². The zero-order chi connectivity index (χ0) is 28.4. The molecule has 4 rings (SSSR count). The third-order valence-corrected chi connectivity index (χ3v) is 9.67. The van der Waals surface area contributed by atoms with Crippen LogP contribution in [0.3, 0.4) is 0 Å². The summed E-state index contributed by atoms with van der Waals surface area (Å²) in [6.45, 7) is 0.438. The van der Waals surface area contributed by atoms with Crippen LogP contribution in [0.25, 0.3) is 0 Å². The number of benzene rings is 2. The molecule has 0 bridgehead atoms. The molecule has 1 N–H and O–H groups in total. The van der Waals surface area contributed by atoms with Crippen LogP contribution in [0.1, 0.15) is 48.0 Å². The molecule has 7 nitrogen and oxygen atoms in total. The van der Waals surface area contributed by atoms with Crippen molar-refractivity contribution in [2.24, 2.45) is 5.92 Å². The molecule has 2 aliphatic rings. The molecule has 1 aliphatic carbocycles. The number of piperidine rings is 1. The SMILES string of the molecule is CN(C)[C@@H]1CC[C@H](N2CCCC(NC(=O)c3cccc(C(F)(F)F)c3)C2=O)[C@H](CS(=O)(=O)c2ccccc2)C1. The number of sulfone groups is 1. The highest BCUT2D eigenvalue weighted by molar-refractivity contribution is 7.91. The summed E-state index contributed by atoms with van der Waals surface area (Å²) >= 11 is 0. The van der Waals surface area contributed by atoms with E-state index in [0.717, 1.165) is 24.6 Å². The van der Waals surface area contributed by atoms with E-state index in [9.17, 15) is 31.2 Å². The topological polar surface area (TPSA) is 86.8 Å². The van der Waals surface area contributed by atoms with Crippen LogP contribution in [0, 0.1) is 5.92 Å². The first-order valence-electron chi connectivity index (χ1n) is 13.1. The van der Waals surface area contributed by atoms with E-state index in [-0.39, 0.29) is 40.1 Å². The van der Waals surface area contributed by atoms with Gasteiger partial charge in [-0.05, 0) is 82.4 Å². The molecule has 1 saturated heterocycles. The van der Waals surface area contributed by atoms with Crippen LogP contribution in [-0.2, 0) is 20.8 Å². The van der Waals surface area contributed by atoms with Crippen molar-refractivity contribution < 1.29 is 31.2 Å². The lowest BCUT2D eigenvalue weighted by molar-refractivity contribution is -0.140. The maximum absolute atomic E-state index is 13.6. The second kappa shape index (κ2) is 11.7. The molecule has 2 fully saturated rings. The smallest absolute Gasteiger partial charge is 0.340 e. The van der Waals surface area contributed by atoms with Gasteiger partial charge in [0.25, 0.3) is 5.91 Å². The van der Waals surface area contributed by atoms with Gasteiger partial charge in [0.1, 0.15) is 6.04 Å². The maximum atomic E-state index is 13.6. The summed E-state index contributed by atoms with van der Waals surface area (Å²) in [6.07, 6.45) is -1.61. The number of amides is 2. The van der Waals surface area contributed by atoms with E-state index >= 15 is 0 Å². The van der Waals surface area contributed by atoms with E-state index in [4.69, 9.17) is 0 Å². The van der Waals surface area contributed by atoms with Crippen LogP contribution in [0.4, 0.5) is 13.2 Å². The predicted octanol–water partition coefficient (Wildman–Crippen LogP) is 4.00. The third-order valence-electron chi connectivity index (χ3n) is 7.81. The van der Waals surface area contributed by atoms with E-state index in [2.05, 4.69) is 10.2 Å². The molecule has 212 valence electrons. The minimum Gasteiger partial charge on any atom is -0.340 e. The van der Waals surface area contributed by atoms with E-state index in [1.807, 2.05) is 14.1 Å². The van der Waals surface area contributed by atoms with Crippen molar-refractivity contribution in [1.82, 2.24) is 15.1 Å². The quantitative estimate of drug-likeness (QED) is 0.549. The van der Waals surface area contributed by atoms with Crippen LogP contribution in [0.15, 0.2) is 59.5 Å². The normalized spacial score (nSPS) is 24.6.